The minimum atomic E-state index is -1.64. The van der Waals surface area contributed by atoms with Gasteiger partial charge in [-0.3, -0.25) is 4.79 Å². The molecule has 9 nitrogen and oxygen atoms in total. The van der Waals surface area contributed by atoms with E-state index in [1.54, 1.807) is 48.7 Å². The van der Waals surface area contributed by atoms with E-state index >= 15 is 0 Å². The summed E-state index contributed by atoms with van der Waals surface area (Å²) in [6.45, 7) is 0. The molecule has 0 heterocycles. The van der Waals surface area contributed by atoms with Gasteiger partial charge in [-0.15, -0.1) is 0 Å². The molecule has 2 aromatic carbocycles. The predicted octanol–water partition coefficient (Wildman–Crippen LogP) is 3.03. The fraction of sp³-hybridized carbons (Fsp3) is 0.346. The summed E-state index contributed by atoms with van der Waals surface area (Å²) in [5.41, 5.74) is 0.467. The summed E-state index contributed by atoms with van der Waals surface area (Å²) in [6.07, 6.45) is 1.49. The van der Waals surface area contributed by atoms with Crippen LogP contribution in [0.1, 0.15) is 6.42 Å². The van der Waals surface area contributed by atoms with Crippen LogP contribution in [-0.4, -0.2) is 61.8 Å². The molecule has 0 spiro atoms. The monoisotopic (exact) mass is 517 g/mol. The second-order valence-corrected chi connectivity index (χ2v) is 9.32. The van der Waals surface area contributed by atoms with Crippen LogP contribution < -0.4 is 34.6 Å². The van der Waals surface area contributed by atoms with Gasteiger partial charge < -0.3 is 38.2 Å². The average Bonchev–Trinajstić information content (AvgIpc) is 2.93. The van der Waals surface area contributed by atoms with Crippen molar-refractivity contribution >= 4 is 24.6 Å². The molecule has 0 bridgehead atoms. The Labute approximate surface area is 212 Å². The van der Waals surface area contributed by atoms with E-state index in [9.17, 15) is 4.79 Å². The van der Waals surface area contributed by atoms with Crippen molar-refractivity contribution in [3.8, 4) is 23.0 Å². The van der Waals surface area contributed by atoms with E-state index in [1.165, 1.54) is 7.11 Å². The number of amides is 1. The number of rotatable bonds is 11. The number of allylic oxidation sites excluding steroid dienone is 1. The predicted molar refractivity (Wildman–Crippen MR) is 138 cm³/mol. The zero-order chi connectivity index (χ0) is 26.2. The molecule has 36 heavy (non-hydrogen) atoms. The highest BCUT2D eigenvalue weighted by Crippen LogP contribution is 2.44. The molecule has 0 radical (unpaired) electrons. The van der Waals surface area contributed by atoms with Crippen LogP contribution >= 0.6 is 8.07 Å². The van der Waals surface area contributed by atoms with Gasteiger partial charge in [-0.05, 0) is 30.3 Å². The molecule has 0 aliphatic heterocycles. The first-order chi connectivity index (χ1) is 17.5. The van der Waals surface area contributed by atoms with Crippen LogP contribution in [-0.2, 0) is 19.0 Å². The lowest BCUT2D eigenvalue weighted by atomic mass is 9.99. The Kier molecular flexibility index (Phi) is 9.44. The van der Waals surface area contributed by atoms with Crippen molar-refractivity contribution in [2.75, 3.05) is 49.8 Å². The Bertz CT molecular complexity index is 1050. The lowest BCUT2D eigenvalue weighted by Crippen LogP contribution is -2.34. The molecule has 1 unspecified atom stereocenters. The topological polar surface area (TPSA) is 93.7 Å². The van der Waals surface area contributed by atoms with Crippen LogP contribution in [0, 0.1) is 0 Å². The number of hydrogen-bond donors (Lipinski definition) is 1. The quantitative estimate of drug-likeness (QED) is 0.455. The molecule has 10 heteroatoms. The first-order valence-electron chi connectivity index (χ1n) is 11.1. The number of carbonyl (C=O) groups excluding carboxylic acids is 1. The minimum Gasteiger partial charge on any atom is -0.496 e. The van der Waals surface area contributed by atoms with Crippen molar-refractivity contribution in [2.24, 2.45) is 0 Å². The molecule has 1 amide bonds. The van der Waals surface area contributed by atoms with E-state index in [0.29, 0.717) is 57.1 Å². The molecule has 0 fully saturated rings. The van der Waals surface area contributed by atoms with Crippen LogP contribution in [0.15, 0.2) is 59.6 Å². The van der Waals surface area contributed by atoms with E-state index in [0.717, 1.165) is 0 Å². The zero-order valence-electron chi connectivity index (χ0n) is 21.5. The molecular formula is C26H32NO8P. The Hall–Kier alpha value is -3.42. The Morgan fingerprint density at radius 3 is 1.58 bits per heavy atom. The summed E-state index contributed by atoms with van der Waals surface area (Å²) in [5, 5.41) is 4.55. The Morgan fingerprint density at radius 1 is 0.750 bits per heavy atom. The average molecular weight is 518 g/mol. The zero-order valence-corrected chi connectivity index (χ0v) is 22.4. The van der Waals surface area contributed by atoms with Crippen molar-refractivity contribution < 1.29 is 38.0 Å². The third kappa shape index (κ3) is 5.37. The lowest BCUT2D eigenvalue weighted by Gasteiger charge is -2.28. The summed E-state index contributed by atoms with van der Waals surface area (Å²) in [5.74, 6) is 2.86. The summed E-state index contributed by atoms with van der Waals surface area (Å²) >= 11 is 0. The molecular weight excluding hydrogens is 485 g/mol. The van der Waals surface area contributed by atoms with Gasteiger partial charge >= 0.3 is 0 Å². The van der Waals surface area contributed by atoms with Crippen molar-refractivity contribution in [1.82, 2.24) is 5.09 Å². The third-order valence-electron chi connectivity index (χ3n) is 5.73. The normalized spacial score (nSPS) is 15.2. The first kappa shape index (κ1) is 27.2. The van der Waals surface area contributed by atoms with Crippen LogP contribution in [0.3, 0.4) is 0 Å². The van der Waals surface area contributed by atoms with Crippen molar-refractivity contribution in [1.29, 1.82) is 0 Å². The molecule has 0 saturated heterocycles. The van der Waals surface area contributed by atoms with Gasteiger partial charge in [-0.1, -0.05) is 12.1 Å². The van der Waals surface area contributed by atoms with Gasteiger partial charge in [0, 0.05) is 19.1 Å². The molecule has 3 rings (SSSR count). The molecule has 1 N–H and O–H groups in total. The van der Waals surface area contributed by atoms with E-state index in [-0.39, 0.29) is 5.91 Å². The summed E-state index contributed by atoms with van der Waals surface area (Å²) in [7, 11) is 9.26. The number of methoxy groups -OCH3 is 7. The number of benzene rings is 2. The number of carbonyl (C=O) groups is 1. The molecule has 0 saturated carbocycles. The smallest absolute Gasteiger partial charge is 0.251 e. The maximum atomic E-state index is 13.8. The Balaban J connectivity index is 2.19. The van der Waals surface area contributed by atoms with Crippen LogP contribution in [0.5, 0.6) is 23.0 Å². The molecule has 1 aliphatic rings. The van der Waals surface area contributed by atoms with E-state index in [2.05, 4.69) is 5.09 Å². The minimum absolute atomic E-state index is 0.299. The van der Waals surface area contributed by atoms with Gasteiger partial charge in [0.2, 0.25) is 0 Å². The van der Waals surface area contributed by atoms with E-state index < -0.39 is 14.2 Å². The number of hydrogen-bond acceptors (Lipinski definition) is 8. The van der Waals surface area contributed by atoms with Crippen LogP contribution in [0.25, 0.3) is 0 Å². The lowest BCUT2D eigenvalue weighted by molar-refractivity contribution is -0.116. The second-order valence-electron chi connectivity index (χ2n) is 7.53. The fourth-order valence-corrected chi connectivity index (χ4v) is 6.32. The van der Waals surface area contributed by atoms with Crippen LogP contribution in [0.2, 0.25) is 0 Å². The highest BCUT2D eigenvalue weighted by molar-refractivity contribution is 7.72. The van der Waals surface area contributed by atoms with Gasteiger partial charge in [0.05, 0.1) is 61.3 Å². The first-order valence-corrected chi connectivity index (χ1v) is 12.4. The van der Waals surface area contributed by atoms with Gasteiger partial charge in [0.1, 0.15) is 29.1 Å². The van der Waals surface area contributed by atoms with Crippen molar-refractivity contribution in [3.05, 3.63) is 59.6 Å². The molecule has 194 valence electrons. The van der Waals surface area contributed by atoms with Gasteiger partial charge in [-0.25, -0.2) is 0 Å². The summed E-state index contributed by atoms with van der Waals surface area (Å²) in [4.78, 5) is 13.8. The highest BCUT2D eigenvalue weighted by atomic mass is 31.1. The van der Waals surface area contributed by atoms with Crippen molar-refractivity contribution in [2.45, 2.75) is 12.5 Å². The molecule has 1 atom stereocenters. The second kappa shape index (κ2) is 12.5. The number of nitrogens with one attached hydrogen (secondary N) is 1. The molecule has 0 aromatic heterocycles. The highest BCUT2D eigenvalue weighted by Gasteiger charge is 2.34. The SMILES string of the molecule is COC1=C(OC)C(OC)CC(C(=O)NP(c2c(OC)cccc2OC)c2c(OC)cccc2OC)=C1. The van der Waals surface area contributed by atoms with E-state index in [1.807, 2.05) is 36.4 Å². The van der Waals surface area contributed by atoms with Crippen LogP contribution in [0.4, 0.5) is 0 Å². The van der Waals surface area contributed by atoms with Crippen molar-refractivity contribution in [3.63, 3.8) is 0 Å². The Morgan fingerprint density at radius 2 is 1.22 bits per heavy atom. The summed E-state index contributed by atoms with van der Waals surface area (Å²) < 4.78 is 39.2. The molecule has 1 aliphatic carbocycles. The largest absolute Gasteiger partial charge is 0.496 e. The molecule has 2 aromatic rings. The third-order valence-corrected chi connectivity index (χ3v) is 7.93. The maximum Gasteiger partial charge on any atom is 0.251 e. The van der Waals surface area contributed by atoms with E-state index in [4.69, 9.17) is 33.2 Å². The fourth-order valence-electron chi connectivity index (χ4n) is 3.98. The maximum absolute atomic E-state index is 13.8. The summed E-state index contributed by atoms with van der Waals surface area (Å²) in [6, 6.07) is 10.9. The standard InChI is InChI=1S/C26H32NO8P/c1-29-17-10-8-11-18(30-2)24(17)36(25-19(31-3)12-9-13-20(25)32-4)27-26(28)16-14-21(33-5)23(35-7)22(15-16)34-6/h8-14,22H,15H2,1-7H3,(H,27,28). The number of ether oxygens (including phenoxy) is 7. The van der Waals surface area contributed by atoms with Gasteiger partial charge in [0.15, 0.2) is 11.5 Å². The van der Waals surface area contributed by atoms with Gasteiger partial charge in [0.25, 0.3) is 5.91 Å². The van der Waals surface area contributed by atoms with Gasteiger partial charge in [-0.2, -0.15) is 0 Å².